The predicted molar refractivity (Wildman–Crippen MR) is 81.6 cm³/mol. The van der Waals surface area contributed by atoms with Crippen molar-refractivity contribution in [3.8, 4) is 5.75 Å². The Morgan fingerprint density at radius 1 is 1.33 bits per heavy atom. The van der Waals surface area contributed by atoms with Crippen LogP contribution in [0, 0.1) is 0 Å². The first kappa shape index (κ1) is 13.4. The van der Waals surface area contributed by atoms with Gasteiger partial charge >= 0.3 is 0 Å². The number of hydrogen-bond donors (Lipinski definition) is 1. The molecule has 0 aliphatic carbocycles. The maximum absolute atomic E-state index is 5.75. The molecule has 0 amide bonds. The van der Waals surface area contributed by atoms with Gasteiger partial charge in [0.1, 0.15) is 5.75 Å². The van der Waals surface area contributed by atoms with E-state index in [9.17, 15) is 0 Å². The van der Waals surface area contributed by atoms with Crippen LogP contribution in [0.15, 0.2) is 39.5 Å². The molecule has 0 bridgehead atoms. The molecule has 0 unspecified atom stereocenters. The molecule has 0 radical (unpaired) electrons. The average molecular weight is 326 g/mol. The average Bonchev–Trinajstić information content (AvgIpc) is 2.88. The summed E-state index contributed by atoms with van der Waals surface area (Å²) in [6.45, 7) is 3.64. The Kier molecular flexibility index (Phi) is 5.08. The number of anilines is 1. The zero-order valence-corrected chi connectivity index (χ0v) is 12.7. The van der Waals surface area contributed by atoms with E-state index in [1.165, 1.54) is 5.56 Å². The Labute approximate surface area is 120 Å². The van der Waals surface area contributed by atoms with E-state index in [0.717, 1.165) is 35.5 Å². The fourth-order valence-electron chi connectivity index (χ4n) is 1.60. The summed E-state index contributed by atoms with van der Waals surface area (Å²) in [7, 11) is 0. The quantitative estimate of drug-likeness (QED) is 0.814. The summed E-state index contributed by atoms with van der Waals surface area (Å²) in [6, 6.07) is 8.21. The van der Waals surface area contributed by atoms with Gasteiger partial charge in [-0.05, 0) is 36.1 Å². The van der Waals surface area contributed by atoms with Gasteiger partial charge in [0.2, 0.25) is 0 Å². The number of hydrogen-bond acceptors (Lipinski definition) is 3. The lowest BCUT2D eigenvalue weighted by Crippen LogP contribution is -2.03. The first-order valence-electron chi connectivity index (χ1n) is 5.97. The van der Waals surface area contributed by atoms with Crippen LogP contribution < -0.4 is 10.1 Å². The number of ether oxygens (including phenoxy) is 1. The zero-order valence-electron chi connectivity index (χ0n) is 10.3. The summed E-state index contributed by atoms with van der Waals surface area (Å²) in [5, 5.41) is 7.56. The van der Waals surface area contributed by atoms with Crippen molar-refractivity contribution >= 4 is 33.0 Å². The maximum Gasteiger partial charge on any atom is 0.124 e. The number of nitrogens with one attached hydrogen (secondary N) is 1. The van der Waals surface area contributed by atoms with Gasteiger partial charge in [-0.2, -0.15) is 11.3 Å². The van der Waals surface area contributed by atoms with Gasteiger partial charge in [0.15, 0.2) is 0 Å². The third kappa shape index (κ3) is 3.75. The van der Waals surface area contributed by atoms with Crippen molar-refractivity contribution in [3.05, 3.63) is 45.1 Å². The number of rotatable bonds is 6. The molecular formula is C14H16BrNOS. The van der Waals surface area contributed by atoms with Crippen LogP contribution in [0.4, 0.5) is 5.69 Å². The summed E-state index contributed by atoms with van der Waals surface area (Å²) in [5.41, 5.74) is 2.32. The third-order valence-corrected chi connectivity index (χ3v) is 3.66. The van der Waals surface area contributed by atoms with Crippen LogP contribution in [0.2, 0.25) is 0 Å². The highest BCUT2D eigenvalue weighted by Crippen LogP contribution is 2.25. The minimum atomic E-state index is 0.757. The van der Waals surface area contributed by atoms with E-state index in [0.29, 0.717) is 0 Å². The minimum absolute atomic E-state index is 0.757. The lowest BCUT2D eigenvalue weighted by molar-refractivity contribution is 0.314. The molecule has 1 N–H and O–H groups in total. The summed E-state index contributed by atoms with van der Waals surface area (Å²) in [6.07, 6.45) is 1.02. The standard InChI is InChI=1S/C14H16BrNOS/c1-2-6-17-14-4-3-12(15)8-11(14)9-16-13-5-7-18-10-13/h3-5,7-8,10,16H,2,6,9H2,1H3. The van der Waals surface area contributed by atoms with Gasteiger partial charge in [-0.3, -0.25) is 0 Å². The molecule has 1 aromatic heterocycles. The summed E-state index contributed by atoms with van der Waals surface area (Å²) >= 11 is 5.19. The Balaban J connectivity index is 2.06. The van der Waals surface area contributed by atoms with Crippen LogP contribution in [-0.2, 0) is 6.54 Å². The fraction of sp³-hybridized carbons (Fsp3) is 0.286. The molecule has 0 atom stereocenters. The van der Waals surface area contributed by atoms with Gasteiger partial charge < -0.3 is 10.1 Å². The summed E-state index contributed by atoms with van der Waals surface area (Å²) < 4.78 is 6.83. The number of halogens is 1. The first-order valence-corrected chi connectivity index (χ1v) is 7.70. The van der Waals surface area contributed by atoms with Crippen molar-refractivity contribution in [3.63, 3.8) is 0 Å². The topological polar surface area (TPSA) is 21.3 Å². The second-order valence-electron chi connectivity index (χ2n) is 3.97. The van der Waals surface area contributed by atoms with Crippen LogP contribution >= 0.6 is 27.3 Å². The summed E-state index contributed by atoms with van der Waals surface area (Å²) in [4.78, 5) is 0. The molecule has 2 nitrogen and oxygen atoms in total. The predicted octanol–water partition coefficient (Wildman–Crippen LogP) is 4.91. The molecule has 2 rings (SSSR count). The van der Waals surface area contributed by atoms with Crippen molar-refractivity contribution < 1.29 is 4.74 Å². The van der Waals surface area contributed by atoms with Crippen molar-refractivity contribution in [2.75, 3.05) is 11.9 Å². The maximum atomic E-state index is 5.75. The highest BCUT2D eigenvalue weighted by molar-refractivity contribution is 9.10. The van der Waals surface area contributed by atoms with Crippen LogP contribution in [-0.4, -0.2) is 6.61 Å². The Morgan fingerprint density at radius 3 is 2.94 bits per heavy atom. The number of benzene rings is 1. The lowest BCUT2D eigenvalue weighted by Gasteiger charge is -2.12. The summed E-state index contributed by atoms with van der Waals surface area (Å²) in [5.74, 6) is 0.961. The first-order chi connectivity index (χ1) is 8.79. The molecule has 1 aromatic carbocycles. The molecule has 0 spiro atoms. The van der Waals surface area contributed by atoms with Gasteiger partial charge in [0.25, 0.3) is 0 Å². The molecule has 18 heavy (non-hydrogen) atoms. The SMILES string of the molecule is CCCOc1ccc(Br)cc1CNc1ccsc1. The smallest absolute Gasteiger partial charge is 0.124 e. The van der Waals surface area contributed by atoms with E-state index in [-0.39, 0.29) is 0 Å². The monoisotopic (exact) mass is 325 g/mol. The van der Waals surface area contributed by atoms with E-state index in [1.807, 2.05) is 12.1 Å². The minimum Gasteiger partial charge on any atom is -0.493 e. The Hall–Kier alpha value is -1.00. The van der Waals surface area contributed by atoms with Crippen LogP contribution in [0.25, 0.3) is 0 Å². The van der Waals surface area contributed by atoms with Gasteiger partial charge in [-0.1, -0.05) is 22.9 Å². The molecule has 0 aliphatic rings. The molecule has 2 aromatic rings. The third-order valence-electron chi connectivity index (χ3n) is 2.49. The van der Waals surface area contributed by atoms with Gasteiger partial charge in [-0.15, -0.1) is 0 Å². The largest absolute Gasteiger partial charge is 0.493 e. The van der Waals surface area contributed by atoms with Gasteiger partial charge in [-0.25, -0.2) is 0 Å². The second kappa shape index (κ2) is 6.81. The highest BCUT2D eigenvalue weighted by atomic mass is 79.9. The molecule has 96 valence electrons. The molecule has 0 aliphatic heterocycles. The normalized spacial score (nSPS) is 10.3. The van der Waals surface area contributed by atoms with Crippen molar-refractivity contribution in [1.29, 1.82) is 0 Å². The van der Waals surface area contributed by atoms with Crippen molar-refractivity contribution in [2.45, 2.75) is 19.9 Å². The van der Waals surface area contributed by atoms with E-state index in [1.54, 1.807) is 11.3 Å². The molecule has 0 saturated carbocycles. The highest BCUT2D eigenvalue weighted by Gasteiger charge is 2.04. The molecule has 4 heteroatoms. The molecule has 0 saturated heterocycles. The Bertz CT molecular complexity index is 485. The van der Waals surface area contributed by atoms with E-state index in [4.69, 9.17) is 4.74 Å². The van der Waals surface area contributed by atoms with Crippen LogP contribution in [0.1, 0.15) is 18.9 Å². The second-order valence-corrected chi connectivity index (χ2v) is 5.66. The number of thiophene rings is 1. The lowest BCUT2D eigenvalue weighted by atomic mass is 10.2. The van der Waals surface area contributed by atoms with Crippen LogP contribution in [0.3, 0.4) is 0 Å². The molecule has 1 heterocycles. The zero-order chi connectivity index (χ0) is 12.8. The van der Waals surface area contributed by atoms with Gasteiger partial charge in [0.05, 0.1) is 6.61 Å². The Morgan fingerprint density at radius 2 is 2.22 bits per heavy atom. The van der Waals surface area contributed by atoms with Crippen molar-refractivity contribution in [2.24, 2.45) is 0 Å². The van der Waals surface area contributed by atoms with E-state index >= 15 is 0 Å². The van der Waals surface area contributed by atoms with Crippen molar-refractivity contribution in [1.82, 2.24) is 0 Å². The fourth-order valence-corrected chi connectivity index (χ4v) is 2.62. The molecule has 0 fully saturated rings. The van der Waals surface area contributed by atoms with E-state index < -0.39 is 0 Å². The molecular weight excluding hydrogens is 310 g/mol. The van der Waals surface area contributed by atoms with Gasteiger partial charge in [0, 0.05) is 27.6 Å². The van der Waals surface area contributed by atoms with E-state index in [2.05, 4.69) is 51.1 Å². The van der Waals surface area contributed by atoms with Crippen LogP contribution in [0.5, 0.6) is 5.75 Å².